The first-order valence-electron chi connectivity index (χ1n) is 10.6. The van der Waals surface area contributed by atoms with Crippen molar-refractivity contribution in [3.05, 3.63) is 69.5 Å². The van der Waals surface area contributed by atoms with Crippen LogP contribution in [0, 0.1) is 0 Å². The molecule has 0 unspecified atom stereocenters. The molecule has 3 aromatic carbocycles. The fourth-order valence-electron chi connectivity index (χ4n) is 3.91. The van der Waals surface area contributed by atoms with Crippen molar-refractivity contribution >= 4 is 22.6 Å². The van der Waals surface area contributed by atoms with Gasteiger partial charge in [-0.3, -0.25) is 4.79 Å². The van der Waals surface area contributed by atoms with Gasteiger partial charge in [-0.15, -0.1) is 0 Å². The van der Waals surface area contributed by atoms with Crippen molar-refractivity contribution in [2.45, 2.75) is 6.61 Å². The maximum atomic E-state index is 13.6. The van der Waals surface area contributed by atoms with Crippen molar-refractivity contribution in [2.75, 3.05) is 28.1 Å². The van der Waals surface area contributed by atoms with Crippen LogP contribution in [0.1, 0.15) is 5.56 Å². The van der Waals surface area contributed by atoms with Gasteiger partial charge >= 0.3 is 0 Å². The lowest BCUT2D eigenvalue weighted by atomic mass is 10.0. The normalized spacial score (nSPS) is 12.0. The molecule has 8 nitrogen and oxygen atoms in total. The van der Waals surface area contributed by atoms with Crippen molar-refractivity contribution in [1.29, 1.82) is 0 Å². The van der Waals surface area contributed by atoms with Crippen LogP contribution < -0.4 is 33.8 Å². The highest BCUT2D eigenvalue weighted by molar-refractivity contribution is 6.30. The fourth-order valence-corrected chi connectivity index (χ4v) is 4.03. The second kappa shape index (κ2) is 9.31. The first kappa shape index (κ1) is 22.7. The number of hydrogen-bond donors (Lipinski definition) is 0. The molecule has 0 atom stereocenters. The maximum Gasteiger partial charge on any atom is 0.231 e. The van der Waals surface area contributed by atoms with Crippen LogP contribution in [0.4, 0.5) is 0 Å². The molecule has 0 saturated carbocycles. The number of methoxy groups -OCH3 is 3. The Balaban J connectivity index is 1.61. The topological polar surface area (TPSA) is 85.6 Å². The average Bonchev–Trinajstić information content (AvgIpc) is 3.37. The summed E-state index contributed by atoms with van der Waals surface area (Å²) in [4.78, 5) is 13.6. The number of rotatable bonds is 7. The SMILES string of the molecule is COc1cc2occ(-c3cc(OC)c4c(c3OC)OCO4)c(=O)c2cc1OCc1ccc(Cl)cc1. The lowest BCUT2D eigenvalue weighted by molar-refractivity contribution is 0.168. The molecule has 180 valence electrons. The van der Waals surface area contributed by atoms with Gasteiger partial charge in [0, 0.05) is 16.7 Å². The molecule has 0 amide bonds. The molecule has 1 aliphatic heterocycles. The van der Waals surface area contributed by atoms with Gasteiger partial charge in [-0.05, 0) is 29.8 Å². The van der Waals surface area contributed by atoms with Crippen LogP contribution in [-0.2, 0) is 6.61 Å². The van der Waals surface area contributed by atoms with Crippen LogP contribution in [0.3, 0.4) is 0 Å². The third kappa shape index (κ3) is 4.06. The molecule has 0 N–H and O–H groups in total. The summed E-state index contributed by atoms with van der Waals surface area (Å²) in [7, 11) is 4.52. The van der Waals surface area contributed by atoms with Crippen LogP contribution in [0.25, 0.3) is 22.1 Å². The zero-order chi connectivity index (χ0) is 24.5. The van der Waals surface area contributed by atoms with E-state index in [1.54, 1.807) is 30.3 Å². The predicted molar refractivity (Wildman–Crippen MR) is 129 cm³/mol. The molecule has 1 aromatic heterocycles. The standard InChI is InChI=1S/C26H21ClO8/c1-29-20-10-19-17(9-21(20)32-11-14-4-6-15(27)7-5-14)23(28)18(12-33-19)16-8-22(30-2)25-26(24(16)31-3)35-13-34-25/h4-10,12H,11,13H2,1-3H3. The van der Waals surface area contributed by atoms with Crippen molar-refractivity contribution in [1.82, 2.24) is 0 Å². The van der Waals surface area contributed by atoms with E-state index in [-0.39, 0.29) is 24.4 Å². The molecule has 35 heavy (non-hydrogen) atoms. The molecule has 5 rings (SSSR count). The van der Waals surface area contributed by atoms with Crippen LogP contribution >= 0.6 is 11.6 Å². The monoisotopic (exact) mass is 496 g/mol. The highest BCUT2D eigenvalue weighted by Gasteiger charge is 2.29. The van der Waals surface area contributed by atoms with Crippen molar-refractivity contribution in [3.63, 3.8) is 0 Å². The Morgan fingerprint density at radius 3 is 2.31 bits per heavy atom. The number of hydrogen-bond acceptors (Lipinski definition) is 8. The van der Waals surface area contributed by atoms with E-state index >= 15 is 0 Å². The first-order chi connectivity index (χ1) is 17.0. The molecular formula is C26H21ClO8. The summed E-state index contributed by atoms with van der Waals surface area (Å²) in [6.45, 7) is 0.281. The van der Waals surface area contributed by atoms with E-state index in [1.165, 1.54) is 27.6 Å². The summed E-state index contributed by atoms with van der Waals surface area (Å²) in [5.74, 6) is 2.37. The summed E-state index contributed by atoms with van der Waals surface area (Å²) in [5, 5.41) is 0.950. The van der Waals surface area contributed by atoms with Crippen molar-refractivity contribution in [2.24, 2.45) is 0 Å². The Morgan fingerprint density at radius 2 is 1.60 bits per heavy atom. The first-order valence-corrected chi connectivity index (χ1v) is 11.0. The van der Waals surface area contributed by atoms with Crippen LogP contribution in [-0.4, -0.2) is 28.1 Å². The highest BCUT2D eigenvalue weighted by atomic mass is 35.5. The smallest absolute Gasteiger partial charge is 0.231 e. The Bertz CT molecular complexity index is 1460. The summed E-state index contributed by atoms with van der Waals surface area (Å²) in [5.41, 5.74) is 1.68. The third-order valence-corrected chi connectivity index (χ3v) is 5.90. The molecule has 0 aliphatic carbocycles. The van der Waals surface area contributed by atoms with Crippen molar-refractivity contribution in [3.8, 4) is 45.6 Å². The van der Waals surface area contributed by atoms with E-state index < -0.39 is 0 Å². The number of halogens is 1. The molecule has 4 aromatic rings. The van der Waals surface area contributed by atoms with Gasteiger partial charge in [0.2, 0.25) is 23.7 Å². The van der Waals surface area contributed by atoms with E-state index in [1.807, 2.05) is 12.1 Å². The molecule has 0 bridgehead atoms. The minimum Gasteiger partial charge on any atom is -0.493 e. The molecule has 0 saturated heterocycles. The van der Waals surface area contributed by atoms with Crippen LogP contribution in [0.5, 0.6) is 34.5 Å². The Hall–Kier alpha value is -4.04. The van der Waals surface area contributed by atoms with E-state index in [4.69, 9.17) is 44.4 Å². The lowest BCUT2D eigenvalue weighted by Gasteiger charge is -2.15. The Kier molecular flexibility index (Phi) is 6.05. The van der Waals surface area contributed by atoms with Gasteiger partial charge in [0.1, 0.15) is 18.5 Å². The fraction of sp³-hybridized carbons (Fsp3) is 0.192. The number of ether oxygens (including phenoxy) is 6. The molecule has 0 fully saturated rings. The molecule has 0 spiro atoms. The van der Waals surface area contributed by atoms with Crippen molar-refractivity contribution < 1.29 is 32.8 Å². The second-order valence-corrected chi connectivity index (χ2v) is 8.05. The number of fused-ring (bicyclic) bond motifs is 2. The number of benzene rings is 3. The van der Waals surface area contributed by atoms with Gasteiger partial charge in [-0.1, -0.05) is 23.7 Å². The largest absolute Gasteiger partial charge is 0.493 e. The average molecular weight is 497 g/mol. The maximum absolute atomic E-state index is 13.6. The third-order valence-electron chi connectivity index (χ3n) is 5.64. The van der Waals surface area contributed by atoms with E-state index in [2.05, 4.69) is 0 Å². The molecule has 2 heterocycles. The quantitative estimate of drug-likeness (QED) is 0.334. The van der Waals surface area contributed by atoms with E-state index in [0.717, 1.165) is 5.56 Å². The summed E-state index contributed by atoms with van der Waals surface area (Å²) >= 11 is 5.96. The molecular weight excluding hydrogens is 476 g/mol. The van der Waals surface area contributed by atoms with Gasteiger partial charge in [0.25, 0.3) is 0 Å². The minimum absolute atomic E-state index is 0.0198. The lowest BCUT2D eigenvalue weighted by Crippen LogP contribution is -2.07. The Labute approximate surface area is 205 Å². The summed E-state index contributed by atoms with van der Waals surface area (Å²) in [6, 6.07) is 12.2. The van der Waals surface area contributed by atoms with E-state index in [9.17, 15) is 4.79 Å². The second-order valence-electron chi connectivity index (χ2n) is 7.62. The van der Waals surface area contributed by atoms with Gasteiger partial charge < -0.3 is 32.8 Å². The van der Waals surface area contributed by atoms with Gasteiger partial charge in [-0.2, -0.15) is 0 Å². The molecule has 0 radical (unpaired) electrons. The highest BCUT2D eigenvalue weighted by Crippen LogP contribution is 2.52. The van der Waals surface area contributed by atoms with Gasteiger partial charge in [-0.25, -0.2) is 0 Å². The van der Waals surface area contributed by atoms with Gasteiger partial charge in [0.05, 0.1) is 32.3 Å². The zero-order valence-electron chi connectivity index (χ0n) is 19.2. The summed E-state index contributed by atoms with van der Waals surface area (Å²) < 4.78 is 39.3. The van der Waals surface area contributed by atoms with Crippen LogP contribution in [0.2, 0.25) is 5.02 Å². The Morgan fingerprint density at radius 1 is 0.857 bits per heavy atom. The zero-order valence-corrected chi connectivity index (χ0v) is 19.9. The summed E-state index contributed by atoms with van der Waals surface area (Å²) in [6.07, 6.45) is 1.37. The molecule has 9 heteroatoms. The minimum atomic E-state index is -0.288. The van der Waals surface area contributed by atoms with Gasteiger partial charge in [0.15, 0.2) is 23.0 Å². The molecule has 1 aliphatic rings. The van der Waals surface area contributed by atoms with E-state index in [0.29, 0.717) is 56.1 Å². The van der Waals surface area contributed by atoms with Crippen LogP contribution in [0.15, 0.2) is 57.9 Å². The predicted octanol–water partition coefficient (Wildman–Crippen LogP) is 5.45.